The molecule has 4 heteroatoms. The van der Waals surface area contributed by atoms with Gasteiger partial charge in [-0.25, -0.2) is 4.39 Å². The summed E-state index contributed by atoms with van der Waals surface area (Å²) in [6.07, 6.45) is 4.75. The van der Waals surface area contributed by atoms with Crippen LogP contribution in [-0.4, -0.2) is 19.2 Å². The largest absolute Gasteiger partial charge is 0.493 e. The Morgan fingerprint density at radius 3 is 2.82 bits per heavy atom. The first-order valence-corrected chi connectivity index (χ1v) is 6.85. The molecule has 0 atom stereocenters. The molecule has 17 heavy (non-hydrogen) atoms. The molecule has 1 aliphatic carbocycles. The number of nitrogens with one attached hydrogen (secondary N) is 1. The van der Waals surface area contributed by atoms with Gasteiger partial charge in [0.15, 0.2) is 0 Å². The minimum atomic E-state index is -0.273. The maximum Gasteiger partial charge on any atom is 0.128 e. The first-order valence-electron chi connectivity index (χ1n) is 6.06. The molecule has 1 aromatic rings. The Hall–Kier alpha value is -0.610. The molecule has 1 aromatic carbocycles. The van der Waals surface area contributed by atoms with Crippen molar-refractivity contribution in [3.8, 4) is 5.75 Å². The lowest BCUT2D eigenvalue weighted by Crippen LogP contribution is -2.17. The average Bonchev–Trinajstić information content (AvgIpc) is 3.05. The topological polar surface area (TPSA) is 21.3 Å². The molecule has 0 spiro atoms. The van der Waals surface area contributed by atoms with Crippen LogP contribution in [0.2, 0.25) is 0 Å². The number of ether oxygens (including phenoxy) is 1. The normalized spacial score (nSPS) is 14.9. The average molecular weight is 302 g/mol. The number of hydrogen-bond acceptors (Lipinski definition) is 2. The van der Waals surface area contributed by atoms with Crippen LogP contribution >= 0.6 is 15.9 Å². The lowest BCUT2D eigenvalue weighted by Gasteiger charge is -2.07. The van der Waals surface area contributed by atoms with Crippen molar-refractivity contribution in [1.82, 2.24) is 5.32 Å². The third-order valence-electron chi connectivity index (χ3n) is 2.69. The van der Waals surface area contributed by atoms with Gasteiger partial charge in [0.2, 0.25) is 0 Å². The highest BCUT2D eigenvalue weighted by molar-refractivity contribution is 9.10. The highest BCUT2D eigenvalue weighted by atomic mass is 79.9. The van der Waals surface area contributed by atoms with Gasteiger partial charge < -0.3 is 10.1 Å². The second-order valence-corrected chi connectivity index (χ2v) is 5.30. The second kappa shape index (κ2) is 6.36. The van der Waals surface area contributed by atoms with Crippen LogP contribution in [0.25, 0.3) is 0 Å². The molecule has 1 fully saturated rings. The Kier molecular flexibility index (Phi) is 4.80. The molecule has 0 aromatic heterocycles. The molecule has 0 bridgehead atoms. The summed E-state index contributed by atoms with van der Waals surface area (Å²) >= 11 is 3.24. The summed E-state index contributed by atoms with van der Waals surface area (Å²) < 4.78 is 19.2. The lowest BCUT2D eigenvalue weighted by molar-refractivity contribution is 0.304. The molecule has 0 radical (unpaired) electrons. The summed E-state index contributed by atoms with van der Waals surface area (Å²) in [5.74, 6) is 0.316. The van der Waals surface area contributed by atoms with Gasteiger partial charge in [-0.3, -0.25) is 0 Å². The standard InChI is InChI=1S/C13H17BrFNO/c14-10-7-11(15)9-13(8-10)17-6-2-1-5-16-12-3-4-12/h7-9,12,16H,1-6H2. The summed E-state index contributed by atoms with van der Waals surface area (Å²) in [4.78, 5) is 0. The molecule has 1 aliphatic rings. The van der Waals surface area contributed by atoms with E-state index in [1.807, 2.05) is 0 Å². The zero-order chi connectivity index (χ0) is 12.1. The van der Waals surface area contributed by atoms with Crippen LogP contribution in [0, 0.1) is 5.82 Å². The monoisotopic (exact) mass is 301 g/mol. The minimum Gasteiger partial charge on any atom is -0.493 e. The fourth-order valence-electron chi connectivity index (χ4n) is 1.62. The van der Waals surface area contributed by atoms with Gasteiger partial charge in [-0.05, 0) is 44.4 Å². The quantitative estimate of drug-likeness (QED) is 0.778. The van der Waals surface area contributed by atoms with E-state index in [9.17, 15) is 4.39 Å². The maximum absolute atomic E-state index is 13.0. The molecule has 94 valence electrons. The molecular weight excluding hydrogens is 285 g/mol. The summed E-state index contributed by atoms with van der Waals surface area (Å²) in [6.45, 7) is 1.70. The number of rotatable bonds is 7. The first kappa shape index (κ1) is 12.8. The molecule has 1 saturated carbocycles. The Labute approximate surface area is 110 Å². The van der Waals surface area contributed by atoms with E-state index in [1.54, 1.807) is 6.07 Å². The summed E-state index contributed by atoms with van der Waals surface area (Å²) in [6, 6.07) is 5.39. The van der Waals surface area contributed by atoms with E-state index >= 15 is 0 Å². The van der Waals surface area contributed by atoms with Crippen LogP contribution in [-0.2, 0) is 0 Å². The minimum absolute atomic E-state index is 0.273. The number of unbranched alkanes of at least 4 members (excludes halogenated alkanes) is 1. The van der Waals surface area contributed by atoms with Gasteiger partial charge in [0.05, 0.1) is 6.61 Å². The van der Waals surface area contributed by atoms with Crippen LogP contribution in [0.15, 0.2) is 22.7 Å². The number of hydrogen-bond donors (Lipinski definition) is 1. The van der Waals surface area contributed by atoms with Gasteiger partial charge in [-0.2, -0.15) is 0 Å². The molecule has 2 rings (SSSR count). The Morgan fingerprint density at radius 1 is 1.29 bits per heavy atom. The highest BCUT2D eigenvalue weighted by Gasteiger charge is 2.19. The van der Waals surface area contributed by atoms with Crippen molar-refractivity contribution >= 4 is 15.9 Å². The van der Waals surface area contributed by atoms with Gasteiger partial charge in [0.25, 0.3) is 0 Å². The van der Waals surface area contributed by atoms with Crippen molar-refractivity contribution in [3.05, 3.63) is 28.5 Å². The molecule has 0 saturated heterocycles. The van der Waals surface area contributed by atoms with Gasteiger partial charge in [0.1, 0.15) is 11.6 Å². The Balaban J connectivity index is 1.59. The molecule has 0 aliphatic heterocycles. The summed E-state index contributed by atoms with van der Waals surface area (Å²) in [5.41, 5.74) is 0. The highest BCUT2D eigenvalue weighted by Crippen LogP contribution is 2.21. The molecule has 0 heterocycles. The van der Waals surface area contributed by atoms with Crippen LogP contribution in [0.4, 0.5) is 4.39 Å². The molecular formula is C13H17BrFNO. The third-order valence-corrected chi connectivity index (χ3v) is 3.14. The van der Waals surface area contributed by atoms with Gasteiger partial charge in [0, 0.05) is 16.6 Å². The van der Waals surface area contributed by atoms with Crippen molar-refractivity contribution in [2.45, 2.75) is 31.7 Å². The van der Waals surface area contributed by atoms with E-state index < -0.39 is 0 Å². The van der Waals surface area contributed by atoms with Crippen LogP contribution < -0.4 is 10.1 Å². The van der Waals surface area contributed by atoms with Crippen molar-refractivity contribution < 1.29 is 9.13 Å². The predicted octanol–water partition coefficient (Wildman–Crippen LogP) is 3.50. The third kappa shape index (κ3) is 5.04. The van der Waals surface area contributed by atoms with Gasteiger partial charge in [-0.15, -0.1) is 0 Å². The fourth-order valence-corrected chi connectivity index (χ4v) is 2.07. The van der Waals surface area contributed by atoms with Crippen LogP contribution in [0.3, 0.4) is 0 Å². The SMILES string of the molecule is Fc1cc(Br)cc(OCCCCNC2CC2)c1. The molecule has 2 nitrogen and oxygen atoms in total. The van der Waals surface area contributed by atoms with E-state index in [1.165, 1.54) is 25.0 Å². The summed E-state index contributed by atoms with van der Waals surface area (Å²) in [7, 11) is 0. The summed E-state index contributed by atoms with van der Waals surface area (Å²) in [5, 5.41) is 3.45. The molecule has 0 unspecified atom stereocenters. The van der Waals surface area contributed by atoms with Crippen molar-refractivity contribution in [2.24, 2.45) is 0 Å². The Bertz CT molecular complexity index is 348. The van der Waals surface area contributed by atoms with Crippen LogP contribution in [0.5, 0.6) is 5.75 Å². The van der Waals surface area contributed by atoms with Crippen molar-refractivity contribution in [2.75, 3.05) is 13.2 Å². The first-order chi connectivity index (χ1) is 8.24. The predicted molar refractivity (Wildman–Crippen MR) is 69.9 cm³/mol. The van der Waals surface area contributed by atoms with Crippen molar-refractivity contribution in [1.29, 1.82) is 0 Å². The zero-order valence-corrected chi connectivity index (χ0v) is 11.3. The lowest BCUT2D eigenvalue weighted by atomic mass is 10.3. The van der Waals surface area contributed by atoms with E-state index in [2.05, 4.69) is 21.2 Å². The fraction of sp³-hybridized carbons (Fsp3) is 0.538. The number of benzene rings is 1. The number of halogens is 2. The van der Waals surface area contributed by atoms with Gasteiger partial charge in [-0.1, -0.05) is 15.9 Å². The molecule has 0 amide bonds. The second-order valence-electron chi connectivity index (χ2n) is 4.39. The molecule has 1 N–H and O–H groups in total. The zero-order valence-electron chi connectivity index (χ0n) is 9.72. The van der Waals surface area contributed by atoms with E-state index in [4.69, 9.17) is 4.74 Å². The maximum atomic E-state index is 13.0. The van der Waals surface area contributed by atoms with E-state index in [0.29, 0.717) is 16.8 Å². The smallest absolute Gasteiger partial charge is 0.128 e. The van der Waals surface area contributed by atoms with E-state index in [-0.39, 0.29) is 5.82 Å². The van der Waals surface area contributed by atoms with Crippen molar-refractivity contribution in [3.63, 3.8) is 0 Å². The van der Waals surface area contributed by atoms with Crippen LogP contribution in [0.1, 0.15) is 25.7 Å². The Morgan fingerprint density at radius 2 is 2.12 bits per heavy atom. The van der Waals surface area contributed by atoms with Gasteiger partial charge >= 0.3 is 0 Å². The van der Waals surface area contributed by atoms with E-state index in [0.717, 1.165) is 25.4 Å².